The molecule has 1 saturated heterocycles. The minimum atomic E-state index is -0.477. The zero-order valence-corrected chi connectivity index (χ0v) is 21.1. The Labute approximate surface area is 224 Å². The van der Waals surface area contributed by atoms with E-state index < -0.39 is 11.8 Å². The molecule has 2 amide bonds. The zero-order chi connectivity index (χ0) is 26.7. The van der Waals surface area contributed by atoms with Crippen LogP contribution in [0.15, 0.2) is 94.4 Å². The van der Waals surface area contributed by atoms with E-state index in [4.69, 9.17) is 9.15 Å². The van der Waals surface area contributed by atoms with Gasteiger partial charge in [-0.1, -0.05) is 60.7 Å². The molecule has 1 aliphatic heterocycles. The maximum Gasteiger partial charge on any atom is 0.338 e. The first kappa shape index (κ1) is 23.3. The van der Waals surface area contributed by atoms with E-state index in [9.17, 15) is 14.4 Å². The number of rotatable bonds is 5. The lowest BCUT2D eigenvalue weighted by Crippen LogP contribution is -2.41. The molecule has 0 unspecified atom stereocenters. The van der Waals surface area contributed by atoms with Crippen molar-refractivity contribution < 1.29 is 23.5 Å². The molecule has 1 aromatic heterocycles. The normalized spacial score (nSPS) is 22.6. The van der Waals surface area contributed by atoms with Crippen molar-refractivity contribution >= 4 is 24.0 Å². The van der Waals surface area contributed by atoms with Crippen LogP contribution in [-0.2, 0) is 14.3 Å². The van der Waals surface area contributed by atoms with Crippen LogP contribution in [0, 0.1) is 11.8 Å². The molecule has 1 fully saturated rings. The summed E-state index contributed by atoms with van der Waals surface area (Å²) in [5.41, 5.74) is 5.73. The Balaban J connectivity index is 1.16. The van der Waals surface area contributed by atoms with Crippen molar-refractivity contribution in [3.8, 4) is 11.3 Å². The van der Waals surface area contributed by atoms with Gasteiger partial charge in [-0.15, -0.1) is 0 Å². The number of ether oxygens (including phenoxy) is 1. The van der Waals surface area contributed by atoms with Crippen molar-refractivity contribution in [3.05, 3.63) is 119 Å². The van der Waals surface area contributed by atoms with Crippen LogP contribution in [0.3, 0.4) is 0 Å². The Morgan fingerprint density at radius 1 is 0.821 bits per heavy atom. The maximum atomic E-state index is 13.7. The summed E-state index contributed by atoms with van der Waals surface area (Å²) in [5.74, 6) is -1.24. The summed E-state index contributed by atoms with van der Waals surface area (Å²) >= 11 is 0. The minimum absolute atomic E-state index is 0.170. The number of amides is 2. The second kappa shape index (κ2) is 8.91. The van der Waals surface area contributed by atoms with Gasteiger partial charge in [-0.2, -0.15) is 10.1 Å². The number of furan rings is 1. The number of nitrogens with zero attached hydrogens (tertiary/aromatic N) is 2. The number of benzene rings is 3. The lowest BCUT2D eigenvalue weighted by atomic mass is 9.55. The molecule has 4 aliphatic rings. The highest BCUT2D eigenvalue weighted by Gasteiger charge is 2.61. The third kappa shape index (κ3) is 3.50. The smallest absolute Gasteiger partial charge is 0.338 e. The second-order valence-electron chi connectivity index (χ2n) is 10.00. The third-order valence-electron chi connectivity index (χ3n) is 8.03. The average molecular weight is 517 g/mol. The summed E-state index contributed by atoms with van der Waals surface area (Å²) < 4.78 is 10.9. The summed E-state index contributed by atoms with van der Waals surface area (Å²) in [4.78, 5) is 39.2. The van der Waals surface area contributed by atoms with Gasteiger partial charge >= 0.3 is 5.97 Å². The maximum absolute atomic E-state index is 13.7. The van der Waals surface area contributed by atoms with Crippen molar-refractivity contribution in [2.45, 2.75) is 18.8 Å². The number of imide groups is 1. The molecule has 7 nitrogen and oxygen atoms in total. The molecule has 4 aromatic rings. The monoisotopic (exact) mass is 516 g/mol. The van der Waals surface area contributed by atoms with E-state index in [-0.39, 0.29) is 29.6 Å². The van der Waals surface area contributed by atoms with Gasteiger partial charge in [0.2, 0.25) is 0 Å². The van der Waals surface area contributed by atoms with Crippen LogP contribution in [0.1, 0.15) is 57.1 Å². The number of hydrogen-bond acceptors (Lipinski definition) is 6. The van der Waals surface area contributed by atoms with E-state index in [1.807, 2.05) is 24.3 Å². The summed E-state index contributed by atoms with van der Waals surface area (Å²) in [6.07, 6.45) is 1.41. The fourth-order valence-corrected chi connectivity index (χ4v) is 6.45. The molecule has 2 bridgehead atoms. The van der Waals surface area contributed by atoms with Crippen LogP contribution in [-0.4, -0.2) is 35.6 Å². The third-order valence-corrected chi connectivity index (χ3v) is 8.03. The molecule has 3 aromatic carbocycles. The van der Waals surface area contributed by atoms with E-state index in [0.29, 0.717) is 23.7 Å². The Morgan fingerprint density at radius 3 is 1.87 bits per heavy atom. The molecule has 7 heteroatoms. The van der Waals surface area contributed by atoms with Gasteiger partial charge in [-0.3, -0.25) is 9.59 Å². The topological polar surface area (TPSA) is 89.2 Å². The minimum Gasteiger partial charge on any atom is -0.462 e. The molecule has 192 valence electrons. The van der Waals surface area contributed by atoms with Crippen molar-refractivity contribution in [3.63, 3.8) is 0 Å². The lowest BCUT2D eigenvalue weighted by Gasteiger charge is -2.45. The SMILES string of the molecule is CCOC(=O)c1ccc(-c2ccc(/C=N\N3C(=O)[C@@H]4C5c6ccccc6C(c6ccccc65)[C@@H]4C3=O)o2)cc1. The van der Waals surface area contributed by atoms with Gasteiger partial charge in [0, 0.05) is 17.4 Å². The van der Waals surface area contributed by atoms with Gasteiger partial charge in [-0.25, -0.2) is 4.79 Å². The van der Waals surface area contributed by atoms with Crippen LogP contribution in [0.2, 0.25) is 0 Å². The molecular formula is C32H24N2O5. The van der Waals surface area contributed by atoms with E-state index in [1.54, 1.807) is 43.3 Å². The quantitative estimate of drug-likeness (QED) is 0.203. The number of hydrogen-bond donors (Lipinski definition) is 0. The fraction of sp³-hybridized carbons (Fsp3) is 0.188. The van der Waals surface area contributed by atoms with Crippen molar-refractivity contribution in [1.82, 2.24) is 5.01 Å². The Morgan fingerprint density at radius 2 is 1.36 bits per heavy atom. The largest absolute Gasteiger partial charge is 0.462 e. The lowest BCUT2D eigenvalue weighted by molar-refractivity contribution is -0.139. The molecule has 3 aliphatic carbocycles. The highest BCUT2D eigenvalue weighted by Crippen LogP contribution is 2.60. The number of esters is 1. The van der Waals surface area contributed by atoms with E-state index in [1.165, 1.54) is 6.21 Å². The van der Waals surface area contributed by atoms with Crippen molar-refractivity contribution in [1.29, 1.82) is 0 Å². The molecule has 0 N–H and O–H groups in total. The molecule has 39 heavy (non-hydrogen) atoms. The average Bonchev–Trinajstić information content (AvgIpc) is 3.55. The van der Waals surface area contributed by atoms with Crippen LogP contribution in [0.25, 0.3) is 11.3 Å². The predicted molar refractivity (Wildman–Crippen MR) is 143 cm³/mol. The molecule has 2 atom stereocenters. The van der Waals surface area contributed by atoms with Crippen molar-refractivity contribution in [2.24, 2.45) is 16.9 Å². The van der Waals surface area contributed by atoms with Crippen LogP contribution < -0.4 is 0 Å². The molecule has 0 spiro atoms. The predicted octanol–water partition coefficient (Wildman–Crippen LogP) is 5.35. The second-order valence-corrected chi connectivity index (χ2v) is 10.00. The van der Waals surface area contributed by atoms with Gasteiger partial charge in [0.25, 0.3) is 11.8 Å². The Hall–Kier alpha value is -4.78. The fourth-order valence-electron chi connectivity index (χ4n) is 6.45. The molecule has 0 radical (unpaired) electrons. The first-order valence-electron chi connectivity index (χ1n) is 13.0. The Bertz CT molecular complexity index is 1550. The number of carbonyl (C=O) groups is 3. The van der Waals surface area contributed by atoms with E-state index >= 15 is 0 Å². The summed E-state index contributed by atoms with van der Waals surface area (Å²) in [5, 5.41) is 5.35. The zero-order valence-electron chi connectivity index (χ0n) is 21.1. The summed E-state index contributed by atoms with van der Waals surface area (Å²) in [6.45, 7) is 2.07. The summed E-state index contributed by atoms with van der Waals surface area (Å²) in [7, 11) is 0. The van der Waals surface area contributed by atoms with Gasteiger partial charge < -0.3 is 9.15 Å². The van der Waals surface area contributed by atoms with E-state index in [2.05, 4.69) is 29.4 Å². The van der Waals surface area contributed by atoms with Crippen LogP contribution >= 0.6 is 0 Å². The van der Waals surface area contributed by atoms with Crippen LogP contribution in [0.5, 0.6) is 0 Å². The van der Waals surface area contributed by atoms with Gasteiger partial charge in [0.05, 0.1) is 30.2 Å². The first-order chi connectivity index (χ1) is 19.1. The number of carbonyl (C=O) groups excluding carboxylic acids is 3. The molecular weight excluding hydrogens is 492 g/mol. The van der Waals surface area contributed by atoms with Gasteiger partial charge in [0.1, 0.15) is 11.5 Å². The standard InChI is InChI=1S/C32H24N2O5/c1-2-38-32(37)19-13-11-18(12-14-19)25-16-15-20(39-25)17-33-34-30(35)28-26-21-7-3-4-8-22(21)27(29(28)31(34)36)24-10-6-5-9-23(24)26/h3-17,26-29H,2H2,1H3/b33-17-/t26?,27?,28-,29+. The van der Waals surface area contributed by atoms with Gasteiger partial charge in [0.15, 0.2) is 0 Å². The molecule has 0 saturated carbocycles. The highest BCUT2D eigenvalue weighted by atomic mass is 16.5. The number of hydrazone groups is 1. The highest BCUT2D eigenvalue weighted by molar-refractivity contribution is 6.08. The van der Waals surface area contributed by atoms with Gasteiger partial charge in [-0.05, 0) is 53.4 Å². The molecule has 8 rings (SSSR count). The van der Waals surface area contributed by atoms with E-state index in [0.717, 1.165) is 32.8 Å². The summed E-state index contributed by atoms with van der Waals surface area (Å²) in [6, 6.07) is 26.7. The van der Waals surface area contributed by atoms with Crippen molar-refractivity contribution in [2.75, 3.05) is 6.61 Å². The molecule has 2 heterocycles. The first-order valence-corrected chi connectivity index (χ1v) is 13.0. The van der Waals surface area contributed by atoms with Crippen LogP contribution in [0.4, 0.5) is 0 Å². The Kier molecular flexibility index (Phi) is 5.33.